The first kappa shape index (κ1) is 12.4. The monoisotopic (exact) mass is 225 g/mol. The summed E-state index contributed by atoms with van der Waals surface area (Å²) in [5.74, 6) is 0.573. The maximum atomic E-state index is 10.7. The molecule has 1 unspecified atom stereocenters. The standard InChI is InChI=1S/C11H15NO4/c1-7(13)6-16-11-5-4-10(12(14)15)8(2)9(11)3/h4-5,7,13H,6H2,1-3H3. The van der Waals surface area contributed by atoms with E-state index in [4.69, 9.17) is 9.84 Å². The Labute approximate surface area is 93.8 Å². The molecule has 0 aliphatic carbocycles. The molecule has 1 rings (SSSR count). The number of nitro benzene ring substituents is 1. The van der Waals surface area contributed by atoms with Crippen molar-refractivity contribution < 1.29 is 14.8 Å². The molecule has 1 N–H and O–H groups in total. The van der Waals surface area contributed by atoms with Crippen molar-refractivity contribution in [3.05, 3.63) is 33.4 Å². The molecule has 0 amide bonds. The lowest BCUT2D eigenvalue weighted by Crippen LogP contribution is -2.13. The fourth-order valence-corrected chi connectivity index (χ4v) is 1.35. The highest BCUT2D eigenvalue weighted by molar-refractivity contribution is 5.50. The van der Waals surface area contributed by atoms with E-state index in [9.17, 15) is 10.1 Å². The van der Waals surface area contributed by atoms with Crippen LogP contribution in [0.1, 0.15) is 18.1 Å². The van der Waals surface area contributed by atoms with Gasteiger partial charge in [0.15, 0.2) is 0 Å². The molecule has 0 aliphatic rings. The normalized spacial score (nSPS) is 12.2. The fourth-order valence-electron chi connectivity index (χ4n) is 1.35. The van der Waals surface area contributed by atoms with Crippen LogP contribution in [0.25, 0.3) is 0 Å². The van der Waals surface area contributed by atoms with Gasteiger partial charge in [0.2, 0.25) is 0 Å². The van der Waals surface area contributed by atoms with Crippen LogP contribution in [0.5, 0.6) is 5.75 Å². The van der Waals surface area contributed by atoms with E-state index >= 15 is 0 Å². The quantitative estimate of drug-likeness (QED) is 0.628. The topological polar surface area (TPSA) is 72.6 Å². The summed E-state index contributed by atoms with van der Waals surface area (Å²) in [7, 11) is 0. The second-order valence-electron chi connectivity index (χ2n) is 3.75. The highest BCUT2D eigenvalue weighted by Crippen LogP contribution is 2.28. The average Bonchev–Trinajstić information content (AvgIpc) is 2.19. The molecule has 5 heteroatoms. The number of ether oxygens (including phenoxy) is 1. The smallest absolute Gasteiger partial charge is 0.272 e. The van der Waals surface area contributed by atoms with E-state index in [0.717, 1.165) is 5.56 Å². The molecule has 1 atom stereocenters. The van der Waals surface area contributed by atoms with Crippen molar-refractivity contribution in [3.63, 3.8) is 0 Å². The molecule has 0 aromatic heterocycles. The van der Waals surface area contributed by atoms with E-state index in [1.54, 1.807) is 26.8 Å². The van der Waals surface area contributed by atoms with E-state index in [0.29, 0.717) is 11.3 Å². The van der Waals surface area contributed by atoms with Gasteiger partial charge in [-0.25, -0.2) is 0 Å². The first-order chi connectivity index (χ1) is 7.43. The summed E-state index contributed by atoms with van der Waals surface area (Å²) >= 11 is 0. The Kier molecular flexibility index (Phi) is 3.84. The van der Waals surface area contributed by atoms with E-state index in [2.05, 4.69) is 0 Å². The van der Waals surface area contributed by atoms with Crippen LogP contribution >= 0.6 is 0 Å². The molecule has 0 saturated carbocycles. The first-order valence-corrected chi connectivity index (χ1v) is 4.99. The summed E-state index contributed by atoms with van der Waals surface area (Å²) in [4.78, 5) is 10.3. The molecule has 16 heavy (non-hydrogen) atoms. The van der Waals surface area contributed by atoms with Crippen LogP contribution in [0.15, 0.2) is 12.1 Å². The maximum Gasteiger partial charge on any atom is 0.272 e. The predicted molar refractivity (Wildman–Crippen MR) is 59.7 cm³/mol. The Hall–Kier alpha value is -1.62. The molecule has 0 saturated heterocycles. The number of hydrogen-bond acceptors (Lipinski definition) is 4. The molecule has 0 fully saturated rings. The molecule has 88 valence electrons. The van der Waals surface area contributed by atoms with Crippen molar-refractivity contribution >= 4 is 5.69 Å². The molecule has 0 heterocycles. The van der Waals surface area contributed by atoms with Crippen LogP contribution in [-0.2, 0) is 0 Å². The number of nitrogens with zero attached hydrogens (tertiary/aromatic N) is 1. The summed E-state index contributed by atoms with van der Waals surface area (Å²) in [6.45, 7) is 5.24. The zero-order valence-corrected chi connectivity index (χ0v) is 9.56. The van der Waals surface area contributed by atoms with Gasteiger partial charge < -0.3 is 9.84 Å². The van der Waals surface area contributed by atoms with Gasteiger partial charge in [-0.15, -0.1) is 0 Å². The molecule has 0 spiro atoms. The molecule has 0 aliphatic heterocycles. The summed E-state index contributed by atoms with van der Waals surface area (Å²) < 4.78 is 5.34. The van der Waals surface area contributed by atoms with Gasteiger partial charge in [-0.3, -0.25) is 10.1 Å². The highest BCUT2D eigenvalue weighted by atomic mass is 16.6. The Morgan fingerprint density at radius 2 is 2.06 bits per heavy atom. The first-order valence-electron chi connectivity index (χ1n) is 4.99. The molecule has 5 nitrogen and oxygen atoms in total. The molecular formula is C11H15NO4. The zero-order chi connectivity index (χ0) is 12.3. The van der Waals surface area contributed by atoms with Crippen molar-refractivity contribution in [2.75, 3.05) is 6.61 Å². The molecule has 0 bridgehead atoms. The van der Waals surface area contributed by atoms with E-state index in [1.807, 2.05) is 0 Å². The maximum absolute atomic E-state index is 10.7. The summed E-state index contributed by atoms with van der Waals surface area (Å²) in [6.07, 6.45) is -0.560. The lowest BCUT2D eigenvalue weighted by molar-refractivity contribution is -0.385. The second kappa shape index (κ2) is 4.94. The van der Waals surface area contributed by atoms with Crippen LogP contribution < -0.4 is 4.74 Å². The van der Waals surface area contributed by atoms with Crippen molar-refractivity contribution in [1.29, 1.82) is 0 Å². The van der Waals surface area contributed by atoms with Crippen LogP contribution in [0.3, 0.4) is 0 Å². The molecule has 0 radical (unpaired) electrons. The number of aliphatic hydroxyl groups is 1. The Morgan fingerprint density at radius 3 is 2.56 bits per heavy atom. The van der Waals surface area contributed by atoms with Gasteiger partial charge in [0.05, 0.1) is 11.0 Å². The van der Waals surface area contributed by atoms with E-state index in [1.165, 1.54) is 6.07 Å². The minimum absolute atomic E-state index is 0.0851. The second-order valence-corrected chi connectivity index (χ2v) is 3.75. The average molecular weight is 225 g/mol. The van der Waals surface area contributed by atoms with Gasteiger partial charge in [-0.1, -0.05) is 0 Å². The molecule has 1 aromatic rings. The van der Waals surface area contributed by atoms with Gasteiger partial charge in [0.1, 0.15) is 12.4 Å². The summed E-state index contributed by atoms with van der Waals surface area (Å²) in [5.41, 5.74) is 1.41. The van der Waals surface area contributed by atoms with Crippen molar-refractivity contribution in [1.82, 2.24) is 0 Å². The minimum atomic E-state index is -0.560. The van der Waals surface area contributed by atoms with Crippen molar-refractivity contribution in [2.24, 2.45) is 0 Å². The number of aliphatic hydroxyl groups excluding tert-OH is 1. The largest absolute Gasteiger partial charge is 0.491 e. The van der Waals surface area contributed by atoms with Crippen molar-refractivity contribution in [3.8, 4) is 5.75 Å². The number of hydrogen-bond donors (Lipinski definition) is 1. The number of benzene rings is 1. The zero-order valence-electron chi connectivity index (χ0n) is 9.56. The van der Waals surface area contributed by atoms with Crippen LogP contribution in [0.2, 0.25) is 0 Å². The fraction of sp³-hybridized carbons (Fsp3) is 0.455. The lowest BCUT2D eigenvalue weighted by atomic mass is 10.1. The predicted octanol–water partition coefficient (Wildman–Crippen LogP) is 1.97. The molecule has 1 aromatic carbocycles. The van der Waals surface area contributed by atoms with Gasteiger partial charge in [0.25, 0.3) is 5.69 Å². The summed E-state index contributed by atoms with van der Waals surface area (Å²) in [5, 5.41) is 19.8. The SMILES string of the molecule is Cc1c(OCC(C)O)ccc([N+](=O)[O-])c1C. The lowest BCUT2D eigenvalue weighted by Gasteiger charge is -2.12. The van der Waals surface area contributed by atoms with Crippen LogP contribution in [0.4, 0.5) is 5.69 Å². The molecular weight excluding hydrogens is 210 g/mol. The van der Waals surface area contributed by atoms with Crippen LogP contribution in [-0.4, -0.2) is 22.7 Å². The van der Waals surface area contributed by atoms with Crippen molar-refractivity contribution in [2.45, 2.75) is 26.9 Å². The number of rotatable bonds is 4. The third kappa shape index (κ3) is 2.70. The third-order valence-corrected chi connectivity index (χ3v) is 2.39. The van der Waals surface area contributed by atoms with E-state index < -0.39 is 11.0 Å². The Bertz CT molecular complexity index is 401. The highest BCUT2D eigenvalue weighted by Gasteiger charge is 2.15. The van der Waals surface area contributed by atoms with Gasteiger partial charge in [-0.2, -0.15) is 0 Å². The summed E-state index contributed by atoms with van der Waals surface area (Å²) in [6, 6.07) is 2.97. The van der Waals surface area contributed by atoms with E-state index in [-0.39, 0.29) is 12.3 Å². The van der Waals surface area contributed by atoms with Gasteiger partial charge >= 0.3 is 0 Å². The number of nitro groups is 1. The van der Waals surface area contributed by atoms with Gasteiger partial charge in [-0.05, 0) is 26.8 Å². The van der Waals surface area contributed by atoms with Crippen LogP contribution in [0, 0.1) is 24.0 Å². The van der Waals surface area contributed by atoms with Gasteiger partial charge in [0, 0.05) is 17.2 Å². The Morgan fingerprint density at radius 1 is 1.44 bits per heavy atom. The third-order valence-electron chi connectivity index (χ3n) is 2.39. The Balaban J connectivity index is 2.98. The minimum Gasteiger partial charge on any atom is -0.491 e.